The predicted octanol–water partition coefficient (Wildman–Crippen LogP) is -1.06. The molecule has 3 saturated heterocycles. The largest absolute Gasteiger partial charge is 0.394 e. The number of carbonyl (C=O) groups excluding carboxylic acids is 17. The molecule has 15 atom stereocenters. The van der Waals surface area contributed by atoms with Crippen LogP contribution < -0.4 is 65.1 Å². The number of Topliss-reactive ketones (excluding diaryl/α,β-unsaturated/α-hetero) is 2. The number of guanidine groups is 1. The molecule has 0 unspecified atom stereocenters. The number of aliphatic hydroxyl groups excluding tert-OH is 2. The number of amides is 15. The molecule has 2 aromatic carbocycles. The quantitative estimate of drug-likeness (QED) is 0.0175. The van der Waals surface area contributed by atoms with Crippen LogP contribution in [0.5, 0.6) is 0 Å². The Morgan fingerprint density at radius 2 is 1.19 bits per heavy atom. The van der Waals surface area contributed by atoms with Gasteiger partial charge in [-0.05, 0) is 106 Å². The second-order valence-electron chi connectivity index (χ2n) is 35.3. The van der Waals surface area contributed by atoms with Crippen molar-refractivity contribution in [2.45, 2.75) is 235 Å². The third kappa shape index (κ3) is 29.7. The Labute approximate surface area is 786 Å². The minimum Gasteiger partial charge on any atom is -0.394 e. The van der Waals surface area contributed by atoms with E-state index in [1.165, 1.54) is 62.8 Å². The highest BCUT2D eigenvalue weighted by molar-refractivity contribution is 8.00. The van der Waals surface area contributed by atoms with Crippen molar-refractivity contribution >= 4 is 140 Å². The molecule has 43 heteroatoms. The van der Waals surface area contributed by atoms with E-state index >= 15 is 38.4 Å². The fourth-order valence-electron chi connectivity index (χ4n) is 17.2. The van der Waals surface area contributed by atoms with E-state index in [1.54, 1.807) is 74.8 Å². The number of primary amides is 2. The molecule has 21 N–H and O–H groups in total. The average molecular weight is 1890 g/mol. The summed E-state index contributed by atoms with van der Waals surface area (Å²) in [7, 11) is 4.00. The third-order valence-electron chi connectivity index (χ3n) is 24.7. The second-order valence-corrected chi connectivity index (χ2v) is 36.3. The van der Waals surface area contributed by atoms with Crippen LogP contribution in [0.4, 0.5) is 0 Å². The average Bonchev–Trinajstić information content (AvgIpc) is 1.72. The molecule has 3 aliphatic rings. The summed E-state index contributed by atoms with van der Waals surface area (Å²) in [5.74, 6) is -19.4. The minimum absolute atomic E-state index is 0.000152. The Balaban J connectivity index is 1.10. The van der Waals surface area contributed by atoms with Crippen molar-refractivity contribution in [1.29, 1.82) is 5.41 Å². The number of aromatic amines is 3. The molecule has 3 aliphatic heterocycles. The van der Waals surface area contributed by atoms with Gasteiger partial charge in [0.1, 0.15) is 66.5 Å². The molecular formula is C92H129N23O19S. The number of para-hydroxylation sites is 2. The number of nitrogens with zero attached hydrogens (tertiary/aromatic N) is 7. The number of thioether (sulfide) groups is 1. The van der Waals surface area contributed by atoms with Crippen LogP contribution in [0.3, 0.4) is 0 Å². The van der Waals surface area contributed by atoms with Gasteiger partial charge in [-0.1, -0.05) is 95.8 Å². The number of aromatic nitrogens is 5. The Kier molecular flexibility index (Phi) is 39.7. The van der Waals surface area contributed by atoms with Gasteiger partial charge < -0.3 is 115 Å². The number of hydrogen-bond donors (Lipinski definition) is 18. The number of pyridine rings is 1. The van der Waals surface area contributed by atoms with Gasteiger partial charge in [-0.2, -0.15) is 0 Å². The minimum atomic E-state index is -1.76. The van der Waals surface area contributed by atoms with Crippen LogP contribution in [0.25, 0.3) is 21.8 Å². The van der Waals surface area contributed by atoms with Crippen molar-refractivity contribution in [2.75, 3.05) is 65.4 Å². The van der Waals surface area contributed by atoms with Gasteiger partial charge >= 0.3 is 0 Å². The second kappa shape index (κ2) is 50.8. The number of likely N-dealkylation sites (N-methyl/N-ethyl adjacent to an activating group) is 3. The van der Waals surface area contributed by atoms with E-state index in [2.05, 4.69) is 72.8 Å². The number of H-pyrrole nitrogens is 3. The SMILES string of the molecule is CCCC[C@H]1C(=O)N(C)[C@@H](CCCC)C(=O)N[C@@H](CCCNC(=N)N)C(=O)N[C@H](C(=O)NCC(N)=O)CSCC(=O)N[C@@H](Cc2cccnc2)C(=O)N(C)[C@@H](C)C(=O)N[C@@H](CC(N)=O)C(=O)N2CCC[C@H]2C(=O)N[C@@H](Cc2c[nH]cn2)C(=O)N[C@@H](CC(C)C)C(=O)N2C[C@H](O)C[C@H]2C(=O)C[C@@H](Cc2c[nH]c3ccccc23)C(=O)N[C@@H](CO)C(=O)C[C@@H](Cc2c[nH]c3ccccc23)C(=O)N1C. The van der Waals surface area contributed by atoms with Gasteiger partial charge in [-0.25, -0.2) is 4.98 Å². The van der Waals surface area contributed by atoms with Crippen molar-refractivity contribution in [3.63, 3.8) is 0 Å². The van der Waals surface area contributed by atoms with E-state index in [4.69, 9.17) is 22.6 Å². The Morgan fingerprint density at radius 1 is 0.585 bits per heavy atom. The van der Waals surface area contributed by atoms with Crippen molar-refractivity contribution in [1.82, 2.24) is 97.3 Å². The first-order valence-corrected chi connectivity index (χ1v) is 46.9. The summed E-state index contributed by atoms with van der Waals surface area (Å²) < 4.78 is 0. The summed E-state index contributed by atoms with van der Waals surface area (Å²) in [6, 6.07) is -0.563. The van der Waals surface area contributed by atoms with Crippen molar-refractivity contribution in [2.24, 2.45) is 35.0 Å². The molecule has 0 saturated carbocycles. The number of imidazole rings is 1. The normalized spacial score (nSPS) is 24.9. The van der Waals surface area contributed by atoms with E-state index < -0.39 is 247 Å². The number of unbranched alkanes of at least 4 members (excludes halogenated alkanes) is 2. The van der Waals surface area contributed by atoms with Crippen molar-refractivity contribution < 1.29 is 91.7 Å². The topological polar surface area (TPSA) is 630 Å². The van der Waals surface area contributed by atoms with Gasteiger partial charge in [0.2, 0.25) is 88.6 Å². The number of benzene rings is 2. The number of nitrogens with two attached hydrogens (primary N) is 3. The number of ketones is 2. The van der Waals surface area contributed by atoms with Crippen LogP contribution in [0, 0.1) is 23.2 Å². The maximum absolute atomic E-state index is 15.8. The van der Waals surface area contributed by atoms with E-state index in [9.17, 15) is 53.4 Å². The fraction of sp³-hybridized carbons (Fsp3) is 0.543. The Hall–Kier alpha value is -13.2. The molecular weight excluding hydrogens is 1760 g/mol. The lowest BCUT2D eigenvalue weighted by atomic mass is 9.88. The van der Waals surface area contributed by atoms with E-state index in [0.717, 1.165) is 26.5 Å². The van der Waals surface area contributed by atoms with Gasteiger partial charge in [-0.3, -0.25) is 91.9 Å². The third-order valence-corrected chi connectivity index (χ3v) is 25.7. The van der Waals surface area contributed by atoms with E-state index in [-0.39, 0.29) is 102 Å². The molecule has 15 amide bonds. The maximum Gasteiger partial charge on any atom is 0.246 e. The van der Waals surface area contributed by atoms with E-state index in [1.807, 2.05) is 26.0 Å². The molecule has 4 aromatic heterocycles. The van der Waals surface area contributed by atoms with Crippen LogP contribution >= 0.6 is 11.8 Å². The lowest BCUT2D eigenvalue weighted by molar-refractivity contribution is -0.150. The van der Waals surface area contributed by atoms with Crippen LogP contribution in [-0.2, 0) is 107 Å². The molecule has 732 valence electrons. The molecule has 3 fully saturated rings. The summed E-state index contributed by atoms with van der Waals surface area (Å²) in [5.41, 5.74) is 20.0. The number of hydrogen-bond acceptors (Lipinski definition) is 23. The first kappa shape index (κ1) is 106. The van der Waals surface area contributed by atoms with Gasteiger partial charge in [0.15, 0.2) is 17.5 Å². The molecule has 135 heavy (non-hydrogen) atoms. The van der Waals surface area contributed by atoms with Gasteiger partial charge in [0.05, 0.1) is 49.5 Å². The Bertz CT molecular complexity index is 5190. The first-order chi connectivity index (χ1) is 64.4. The van der Waals surface area contributed by atoms with Crippen molar-refractivity contribution in [3.05, 3.63) is 120 Å². The highest BCUT2D eigenvalue weighted by Gasteiger charge is 2.47. The molecule has 7 heterocycles. The smallest absolute Gasteiger partial charge is 0.246 e. The van der Waals surface area contributed by atoms with Crippen LogP contribution in [0.1, 0.15) is 153 Å². The zero-order valence-electron chi connectivity index (χ0n) is 77.5. The molecule has 0 bridgehead atoms. The molecule has 6 aromatic rings. The number of carbonyl (C=O) groups is 17. The fourth-order valence-corrected chi connectivity index (χ4v) is 18.1. The zero-order chi connectivity index (χ0) is 98.4. The maximum atomic E-state index is 15.8. The predicted molar refractivity (Wildman–Crippen MR) is 498 cm³/mol. The van der Waals surface area contributed by atoms with E-state index in [0.29, 0.717) is 64.2 Å². The monoisotopic (exact) mass is 1890 g/mol. The summed E-state index contributed by atoms with van der Waals surface area (Å²) in [5, 5.41) is 55.9. The lowest BCUT2D eigenvalue weighted by Gasteiger charge is -2.36. The molecule has 0 spiro atoms. The number of rotatable bonds is 26. The van der Waals surface area contributed by atoms with Crippen molar-refractivity contribution in [3.8, 4) is 0 Å². The number of nitrogens with one attached hydrogen (secondary N) is 13. The highest BCUT2D eigenvalue weighted by Crippen LogP contribution is 2.31. The summed E-state index contributed by atoms with van der Waals surface area (Å²) in [6.07, 6.45) is 6.16. The van der Waals surface area contributed by atoms with Gasteiger partial charge in [0, 0.05) is 143 Å². The summed E-state index contributed by atoms with van der Waals surface area (Å²) >= 11 is 0.785. The van der Waals surface area contributed by atoms with Crippen LogP contribution in [-0.4, -0.2) is 310 Å². The molecule has 42 nitrogen and oxygen atoms in total. The van der Waals surface area contributed by atoms with Gasteiger partial charge in [-0.15, -0.1) is 11.8 Å². The zero-order valence-corrected chi connectivity index (χ0v) is 78.3. The number of fused-ring (bicyclic) bond motifs is 4. The van der Waals surface area contributed by atoms with Crippen LogP contribution in [0.2, 0.25) is 0 Å². The van der Waals surface area contributed by atoms with Gasteiger partial charge in [0.25, 0.3) is 0 Å². The molecule has 9 rings (SSSR count). The standard InChI is InChI=1S/C92H129N23O19S/c1-9-11-26-71-85(128)105-64(25-18-30-99-92(95)96)83(126)110-70(82(125)102-45-78(94)121)48-135-49-79(122)104-67(33-53-20-17-29-97-41-53)88(131)111(6)52(5)80(123)107-68(40-77(93)120)89(132)114-31-19-28-72(114)86(129)106-65(38-58-44-98-50-103-58)84(127)108-66(32-51(3)4)90(133)115-46-59(117)39-74(115)76(119)36-54(34-56-42-100-62-23-15-13-21-60(56)62)81(124)109-69(47-116)75(118)37-55(35-57-43-101-63-24-16-14-22-61(57)63)87(130)113(8)73(27-12-10-2)91(134)112(71)7/h13-17,20-24,29,41-44,50-52,54-55,59,64-74,100-101,116-117H,9-12,18-19,25-28,30-40,45-49H2,1-8H3,(H2,93,120)(H2,94,121)(H,98,103)(H,102,125)(H,104,122)(H,105,128)(H,106,129)(H,107,123)(H,108,127)(H,109,124)(H,110,126)(H4,95,96,99)/t52-,54+,55+,59+,64-,65-,66-,67-,68-,69-,70-,71-,72-,73-,74-/m0/s1. The molecule has 0 radical (unpaired) electrons. The summed E-state index contributed by atoms with van der Waals surface area (Å²) in [6.45, 7) is 6.29. The lowest BCUT2D eigenvalue weighted by Crippen LogP contribution is -2.60. The highest BCUT2D eigenvalue weighted by atomic mass is 32.2. The van der Waals surface area contributed by atoms with Crippen LogP contribution in [0.15, 0.2) is 98.0 Å². The Morgan fingerprint density at radius 3 is 1.81 bits per heavy atom. The summed E-state index contributed by atoms with van der Waals surface area (Å²) in [4.78, 5) is 274. The number of aliphatic hydroxyl groups is 2. The first-order valence-electron chi connectivity index (χ1n) is 45.7. The molecule has 0 aliphatic carbocycles.